The number of pyridine rings is 3. The Hall–Kier alpha value is -3.66. The van der Waals surface area contributed by atoms with Crippen LogP contribution in [0.1, 0.15) is 29.7 Å². The number of ether oxygens (including phenoxy) is 2. The van der Waals surface area contributed by atoms with E-state index in [2.05, 4.69) is 27.1 Å². The van der Waals surface area contributed by atoms with Crippen molar-refractivity contribution in [1.82, 2.24) is 15.0 Å². The van der Waals surface area contributed by atoms with Crippen LogP contribution in [0, 0.1) is 22.7 Å². The molecule has 0 radical (unpaired) electrons. The Bertz CT molecular complexity index is 1170. The summed E-state index contributed by atoms with van der Waals surface area (Å²) in [5, 5.41) is 20.0. The third-order valence-corrected chi connectivity index (χ3v) is 5.96. The maximum atomic E-state index is 9.89. The minimum Gasteiger partial charge on any atom is -0.489 e. The number of hydrogen-bond donors (Lipinski definition) is 1. The van der Waals surface area contributed by atoms with Crippen LogP contribution in [-0.4, -0.2) is 34.3 Å². The predicted octanol–water partition coefficient (Wildman–Crippen LogP) is 3.71. The molecule has 0 aliphatic carbocycles. The molecule has 1 saturated heterocycles. The number of nitrogens with two attached hydrogens (primary N) is 1. The van der Waals surface area contributed by atoms with Gasteiger partial charge in [-0.05, 0) is 37.1 Å². The number of hydrogen-bond acceptors (Lipinski definition) is 9. The van der Waals surface area contributed by atoms with Gasteiger partial charge in [0.15, 0.2) is 0 Å². The highest BCUT2D eigenvalue weighted by Crippen LogP contribution is 2.36. The van der Waals surface area contributed by atoms with Crippen LogP contribution in [0.4, 0.5) is 5.82 Å². The van der Waals surface area contributed by atoms with Crippen LogP contribution in [0.5, 0.6) is 5.75 Å². The van der Waals surface area contributed by atoms with E-state index in [4.69, 9.17) is 15.2 Å². The molecule has 1 fully saturated rings. The molecule has 0 aromatic carbocycles. The van der Waals surface area contributed by atoms with Gasteiger partial charge in [0.05, 0.1) is 29.3 Å². The van der Waals surface area contributed by atoms with Crippen molar-refractivity contribution in [2.75, 3.05) is 18.9 Å². The molecule has 8 nitrogen and oxygen atoms in total. The van der Waals surface area contributed by atoms with Gasteiger partial charge in [-0.2, -0.15) is 10.5 Å². The Morgan fingerprint density at radius 1 is 1.16 bits per heavy atom. The SMILES string of the molecule is N#Cc1c(N)nc(SCc2ccccn2)c(C#N)c1-c1ccc(OC[C@@H]2CCCO2)cn1. The molecule has 3 aromatic rings. The van der Waals surface area contributed by atoms with Gasteiger partial charge >= 0.3 is 0 Å². The fourth-order valence-corrected chi connectivity index (χ4v) is 4.27. The first-order valence-corrected chi connectivity index (χ1v) is 11.1. The van der Waals surface area contributed by atoms with Crippen LogP contribution >= 0.6 is 11.8 Å². The van der Waals surface area contributed by atoms with E-state index in [9.17, 15) is 10.5 Å². The minimum absolute atomic E-state index is 0.0607. The lowest BCUT2D eigenvalue weighted by Gasteiger charge is -2.14. The number of rotatable bonds is 7. The molecule has 2 N–H and O–H groups in total. The summed E-state index contributed by atoms with van der Waals surface area (Å²) in [6, 6.07) is 13.4. The van der Waals surface area contributed by atoms with Crippen LogP contribution in [0.2, 0.25) is 0 Å². The molecular formula is C23H20N6O2S. The molecule has 0 unspecified atom stereocenters. The maximum Gasteiger partial charge on any atom is 0.143 e. The molecule has 160 valence electrons. The van der Waals surface area contributed by atoms with E-state index in [1.54, 1.807) is 24.5 Å². The summed E-state index contributed by atoms with van der Waals surface area (Å²) in [7, 11) is 0. The molecule has 0 spiro atoms. The summed E-state index contributed by atoms with van der Waals surface area (Å²) in [5.74, 6) is 1.16. The number of nitriles is 2. The molecule has 9 heteroatoms. The molecule has 0 saturated carbocycles. The van der Waals surface area contributed by atoms with Crippen LogP contribution in [-0.2, 0) is 10.5 Å². The summed E-state index contributed by atoms with van der Waals surface area (Å²) in [5.41, 5.74) is 8.13. The van der Waals surface area contributed by atoms with Crippen molar-refractivity contribution in [3.63, 3.8) is 0 Å². The van der Waals surface area contributed by atoms with Crippen molar-refractivity contribution < 1.29 is 9.47 Å². The number of aromatic nitrogens is 3. The Kier molecular flexibility index (Phi) is 6.81. The van der Waals surface area contributed by atoms with Gasteiger partial charge in [0.1, 0.15) is 40.9 Å². The van der Waals surface area contributed by atoms with Crippen molar-refractivity contribution in [2.45, 2.75) is 29.7 Å². The Labute approximate surface area is 190 Å². The van der Waals surface area contributed by atoms with Crippen LogP contribution in [0.25, 0.3) is 11.3 Å². The highest BCUT2D eigenvalue weighted by Gasteiger charge is 2.22. The van der Waals surface area contributed by atoms with E-state index in [1.165, 1.54) is 11.8 Å². The average molecular weight is 445 g/mol. The van der Waals surface area contributed by atoms with Crippen molar-refractivity contribution in [2.24, 2.45) is 0 Å². The normalized spacial score (nSPS) is 15.1. The van der Waals surface area contributed by atoms with Crippen molar-refractivity contribution in [1.29, 1.82) is 10.5 Å². The first-order chi connectivity index (χ1) is 15.7. The first kappa shape index (κ1) is 21.6. The van der Waals surface area contributed by atoms with Gasteiger partial charge in [-0.3, -0.25) is 9.97 Å². The second-order valence-electron chi connectivity index (χ2n) is 7.09. The smallest absolute Gasteiger partial charge is 0.143 e. The van der Waals surface area contributed by atoms with Gasteiger partial charge in [0.25, 0.3) is 0 Å². The van der Waals surface area contributed by atoms with Gasteiger partial charge < -0.3 is 15.2 Å². The van der Waals surface area contributed by atoms with Gasteiger partial charge in [0, 0.05) is 24.1 Å². The lowest BCUT2D eigenvalue weighted by Crippen LogP contribution is -2.16. The molecule has 4 heterocycles. The zero-order valence-electron chi connectivity index (χ0n) is 17.2. The van der Waals surface area contributed by atoms with Crippen LogP contribution in [0.15, 0.2) is 47.8 Å². The third kappa shape index (κ3) is 4.80. The molecule has 1 atom stereocenters. The van der Waals surface area contributed by atoms with E-state index in [-0.39, 0.29) is 23.0 Å². The summed E-state index contributed by atoms with van der Waals surface area (Å²) in [6.07, 6.45) is 5.41. The van der Waals surface area contributed by atoms with Crippen molar-refractivity contribution in [3.05, 3.63) is 59.5 Å². The Morgan fingerprint density at radius 3 is 2.69 bits per heavy atom. The van der Waals surface area contributed by atoms with E-state index in [1.807, 2.05) is 18.2 Å². The number of nitrogen functional groups attached to an aromatic ring is 1. The second-order valence-corrected chi connectivity index (χ2v) is 8.05. The van der Waals surface area contributed by atoms with Gasteiger partial charge in [0.2, 0.25) is 0 Å². The summed E-state index contributed by atoms with van der Waals surface area (Å²) in [4.78, 5) is 13.0. The van der Waals surface area contributed by atoms with Crippen molar-refractivity contribution >= 4 is 17.6 Å². The second kappa shape index (κ2) is 10.1. The monoisotopic (exact) mass is 444 g/mol. The Morgan fingerprint density at radius 2 is 2.03 bits per heavy atom. The molecule has 32 heavy (non-hydrogen) atoms. The van der Waals surface area contributed by atoms with Crippen molar-refractivity contribution in [3.8, 4) is 29.1 Å². The summed E-state index contributed by atoms with van der Waals surface area (Å²) < 4.78 is 11.3. The van der Waals surface area contributed by atoms with Crippen LogP contribution in [0.3, 0.4) is 0 Å². The molecule has 1 aliphatic rings. The number of nitrogens with zero attached hydrogens (tertiary/aromatic N) is 5. The fourth-order valence-electron chi connectivity index (χ4n) is 3.36. The highest BCUT2D eigenvalue weighted by atomic mass is 32.2. The minimum atomic E-state index is 0.0607. The predicted molar refractivity (Wildman–Crippen MR) is 120 cm³/mol. The average Bonchev–Trinajstić information content (AvgIpc) is 3.36. The zero-order chi connectivity index (χ0) is 22.3. The quantitative estimate of drug-likeness (QED) is 0.542. The largest absolute Gasteiger partial charge is 0.489 e. The molecule has 4 rings (SSSR count). The third-order valence-electron chi connectivity index (χ3n) is 4.95. The van der Waals surface area contributed by atoms with Crippen LogP contribution < -0.4 is 10.5 Å². The standard InChI is InChI=1S/C23H20N6O2S/c24-10-18-21(20-7-6-16(12-28-20)31-13-17-5-3-9-30-17)19(11-25)23(29-22(18)26)32-14-15-4-1-2-8-27-15/h1-2,4,6-8,12,17H,3,5,9,13-14H2,(H2,26,29)/t17-/m0/s1. The van der Waals surface area contributed by atoms with E-state index in [0.717, 1.165) is 25.1 Å². The van der Waals surface area contributed by atoms with Gasteiger partial charge in [-0.1, -0.05) is 17.8 Å². The molecule has 0 amide bonds. The number of thioether (sulfide) groups is 1. The summed E-state index contributed by atoms with van der Waals surface area (Å²) >= 11 is 1.34. The highest BCUT2D eigenvalue weighted by molar-refractivity contribution is 7.98. The fraction of sp³-hybridized carbons (Fsp3) is 0.261. The van der Waals surface area contributed by atoms with Gasteiger partial charge in [-0.25, -0.2) is 4.98 Å². The first-order valence-electron chi connectivity index (χ1n) is 10.1. The molecule has 3 aromatic heterocycles. The van der Waals surface area contributed by atoms with E-state index < -0.39 is 0 Å². The molecule has 1 aliphatic heterocycles. The summed E-state index contributed by atoms with van der Waals surface area (Å²) in [6.45, 7) is 1.23. The number of anilines is 1. The molecular weight excluding hydrogens is 424 g/mol. The lowest BCUT2D eigenvalue weighted by atomic mass is 10.0. The lowest BCUT2D eigenvalue weighted by molar-refractivity contribution is 0.0678. The Balaban J connectivity index is 1.62. The molecule has 0 bridgehead atoms. The van der Waals surface area contributed by atoms with E-state index >= 15 is 0 Å². The van der Waals surface area contributed by atoms with E-state index in [0.29, 0.717) is 34.4 Å². The zero-order valence-corrected chi connectivity index (χ0v) is 18.0. The van der Waals surface area contributed by atoms with Gasteiger partial charge in [-0.15, -0.1) is 0 Å². The topological polar surface area (TPSA) is 131 Å². The maximum absolute atomic E-state index is 9.89.